The number of aromatic nitrogens is 1. The average Bonchev–Trinajstić information content (AvgIpc) is 2.90. The largest absolute Gasteiger partial charge is 0.436 e. The smallest absolute Gasteiger partial charge is 0.227 e. The molecule has 0 radical (unpaired) electrons. The summed E-state index contributed by atoms with van der Waals surface area (Å²) in [4.78, 5) is 8.71. The Bertz CT molecular complexity index is 823. The molecule has 2 aromatic carbocycles. The van der Waals surface area contributed by atoms with Gasteiger partial charge in [-0.15, -0.1) is 11.6 Å². The van der Waals surface area contributed by atoms with Crippen molar-refractivity contribution in [2.75, 3.05) is 5.88 Å². The lowest BCUT2D eigenvalue weighted by Gasteiger charge is -1.98. The van der Waals surface area contributed by atoms with Gasteiger partial charge >= 0.3 is 0 Å². The Morgan fingerprint density at radius 1 is 1.29 bits per heavy atom. The van der Waals surface area contributed by atoms with Gasteiger partial charge < -0.3 is 10.2 Å². The van der Waals surface area contributed by atoms with Crippen molar-refractivity contribution in [2.45, 2.75) is 6.92 Å². The second-order valence-corrected chi connectivity index (χ2v) is 4.99. The van der Waals surface area contributed by atoms with Crippen molar-refractivity contribution in [3.63, 3.8) is 0 Å². The molecule has 2 N–H and O–H groups in total. The number of hydrogen-bond acceptors (Lipinski definition) is 3. The second kappa shape index (κ2) is 5.58. The fourth-order valence-corrected chi connectivity index (χ4v) is 2.17. The summed E-state index contributed by atoms with van der Waals surface area (Å²) in [5, 5.41) is 0. The Morgan fingerprint density at radius 3 is 2.86 bits per heavy atom. The molecular formula is C16H14ClN3O. The number of benzene rings is 2. The van der Waals surface area contributed by atoms with Crippen LogP contribution in [0.15, 0.2) is 51.9 Å². The number of rotatable bonds is 3. The third-order valence-corrected chi connectivity index (χ3v) is 3.43. The summed E-state index contributed by atoms with van der Waals surface area (Å²) in [6.45, 7) is 2.03. The molecule has 0 unspecified atom stereocenters. The summed E-state index contributed by atoms with van der Waals surface area (Å²) in [6, 6.07) is 13.5. The fourth-order valence-electron chi connectivity index (χ4n) is 2.11. The van der Waals surface area contributed by atoms with Gasteiger partial charge in [0.1, 0.15) is 11.4 Å². The molecule has 0 amide bonds. The maximum atomic E-state index is 5.84. The minimum atomic E-state index is 0.197. The summed E-state index contributed by atoms with van der Waals surface area (Å²) in [6.07, 6.45) is 0. The SMILES string of the molecule is Cc1ccccc1-c1nc2ccc(N=C(N)CCl)cc2o1. The van der Waals surface area contributed by atoms with Crippen molar-refractivity contribution in [3.05, 3.63) is 48.0 Å². The zero-order valence-corrected chi connectivity index (χ0v) is 12.3. The van der Waals surface area contributed by atoms with E-state index in [-0.39, 0.29) is 5.88 Å². The van der Waals surface area contributed by atoms with Crippen molar-refractivity contribution < 1.29 is 4.42 Å². The first-order valence-corrected chi connectivity index (χ1v) is 7.06. The van der Waals surface area contributed by atoms with Crippen LogP contribution in [-0.2, 0) is 0 Å². The van der Waals surface area contributed by atoms with E-state index >= 15 is 0 Å². The summed E-state index contributed by atoms with van der Waals surface area (Å²) >= 11 is 5.63. The van der Waals surface area contributed by atoms with Crippen LogP contribution < -0.4 is 5.73 Å². The molecule has 3 rings (SSSR count). The van der Waals surface area contributed by atoms with Crippen LogP contribution in [0.4, 0.5) is 5.69 Å². The summed E-state index contributed by atoms with van der Waals surface area (Å²) in [7, 11) is 0. The van der Waals surface area contributed by atoms with Gasteiger partial charge in [-0.05, 0) is 30.7 Å². The third kappa shape index (κ3) is 2.76. The zero-order chi connectivity index (χ0) is 14.8. The highest BCUT2D eigenvalue weighted by Crippen LogP contribution is 2.28. The van der Waals surface area contributed by atoms with Gasteiger partial charge in [0.25, 0.3) is 0 Å². The fraction of sp³-hybridized carbons (Fsp3) is 0.125. The van der Waals surface area contributed by atoms with Gasteiger partial charge in [0, 0.05) is 11.6 Å². The molecule has 0 saturated carbocycles. The molecule has 0 aliphatic carbocycles. The summed E-state index contributed by atoms with van der Waals surface area (Å²) in [5.41, 5.74) is 9.91. The second-order valence-electron chi connectivity index (χ2n) is 4.72. The van der Waals surface area contributed by atoms with E-state index in [0.717, 1.165) is 16.6 Å². The van der Waals surface area contributed by atoms with Gasteiger partial charge in [-0.25, -0.2) is 9.98 Å². The van der Waals surface area contributed by atoms with Crippen LogP contribution in [0.1, 0.15) is 5.56 Å². The van der Waals surface area contributed by atoms with Crippen LogP contribution in [0.25, 0.3) is 22.6 Å². The molecule has 106 valence electrons. The van der Waals surface area contributed by atoms with Crippen molar-refractivity contribution in [1.82, 2.24) is 4.98 Å². The van der Waals surface area contributed by atoms with Gasteiger partial charge in [0.15, 0.2) is 5.58 Å². The normalized spacial score (nSPS) is 12.0. The maximum absolute atomic E-state index is 5.84. The highest BCUT2D eigenvalue weighted by atomic mass is 35.5. The Labute approximate surface area is 127 Å². The van der Waals surface area contributed by atoms with Gasteiger partial charge in [-0.1, -0.05) is 18.2 Å². The van der Waals surface area contributed by atoms with E-state index in [1.54, 1.807) is 0 Å². The van der Waals surface area contributed by atoms with Crippen molar-refractivity contribution >= 4 is 34.2 Å². The molecule has 4 nitrogen and oxygen atoms in total. The quantitative estimate of drug-likeness (QED) is 0.451. The Balaban J connectivity index is 2.07. The Morgan fingerprint density at radius 2 is 2.10 bits per heavy atom. The molecule has 0 saturated heterocycles. The van der Waals surface area contributed by atoms with Gasteiger partial charge in [0.05, 0.1) is 11.6 Å². The van der Waals surface area contributed by atoms with E-state index in [1.165, 1.54) is 0 Å². The molecule has 1 aromatic heterocycles. The van der Waals surface area contributed by atoms with Crippen molar-refractivity contribution in [2.24, 2.45) is 10.7 Å². The van der Waals surface area contributed by atoms with E-state index in [2.05, 4.69) is 9.98 Å². The molecule has 0 aliphatic rings. The Kier molecular flexibility index (Phi) is 3.62. The number of nitrogens with zero attached hydrogens (tertiary/aromatic N) is 2. The lowest BCUT2D eigenvalue weighted by molar-refractivity contribution is 0.619. The molecule has 0 aliphatic heterocycles. The van der Waals surface area contributed by atoms with Gasteiger partial charge in [-0.3, -0.25) is 0 Å². The van der Waals surface area contributed by atoms with Gasteiger partial charge in [-0.2, -0.15) is 0 Å². The molecule has 3 aromatic rings. The van der Waals surface area contributed by atoms with Crippen LogP contribution in [0.2, 0.25) is 0 Å². The van der Waals surface area contributed by atoms with E-state index in [0.29, 0.717) is 23.0 Å². The lowest BCUT2D eigenvalue weighted by atomic mass is 10.1. The van der Waals surface area contributed by atoms with E-state index in [4.69, 9.17) is 21.8 Å². The monoisotopic (exact) mass is 299 g/mol. The number of aryl methyl sites for hydroxylation is 1. The zero-order valence-electron chi connectivity index (χ0n) is 11.5. The first kappa shape index (κ1) is 13.6. The number of amidine groups is 1. The van der Waals surface area contributed by atoms with Crippen LogP contribution in [0.5, 0.6) is 0 Å². The molecule has 0 fully saturated rings. The highest BCUT2D eigenvalue weighted by molar-refractivity contribution is 6.28. The third-order valence-electron chi connectivity index (χ3n) is 3.16. The number of oxazole rings is 1. The maximum Gasteiger partial charge on any atom is 0.227 e. The van der Waals surface area contributed by atoms with Gasteiger partial charge in [0.2, 0.25) is 5.89 Å². The first-order chi connectivity index (χ1) is 10.2. The number of fused-ring (bicyclic) bond motifs is 1. The molecule has 0 bridgehead atoms. The molecule has 0 atom stereocenters. The van der Waals surface area contributed by atoms with Crippen LogP contribution in [0.3, 0.4) is 0 Å². The number of hydrogen-bond donors (Lipinski definition) is 1. The summed E-state index contributed by atoms with van der Waals surface area (Å²) in [5.74, 6) is 1.17. The molecule has 5 heteroatoms. The van der Waals surface area contributed by atoms with Crippen molar-refractivity contribution in [3.8, 4) is 11.5 Å². The van der Waals surface area contributed by atoms with Crippen LogP contribution >= 0.6 is 11.6 Å². The number of nitrogens with two attached hydrogens (primary N) is 1. The van der Waals surface area contributed by atoms with Crippen LogP contribution in [-0.4, -0.2) is 16.7 Å². The molecule has 0 spiro atoms. The Hall–Kier alpha value is -2.33. The molecular weight excluding hydrogens is 286 g/mol. The number of halogens is 1. The lowest BCUT2D eigenvalue weighted by Crippen LogP contribution is -2.12. The highest BCUT2D eigenvalue weighted by Gasteiger charge is 2.10. The molecule has 1 heterocycles. The van der Waals surface area contributed by atoms with E-state index < -0.39 is 0 Å². The predicted octanol–water partition coefficient (Wildman–Crippen LogP) is 4.03. The molecule has 21 heavy (non-hydrogen) atoms. The van der Waals surface area contributed by atoms with Crippen molar-refractivity contribution in [1.29, 1.82) is 0 Å². The topological polar surface area (TPSA) is 64.4 Å². The standard InChI is InChI=1S/C16H14ClN3O/c1-10-4-2-3-5-12(10)16-20-13-7-6-11(8-14(13)21-16)19-15(18)9-17/h2-8H,9H2,1H3,(H2,18,19). The minimum absolute atomic E-state index is 0.197. The number of alkyl halides is 1. The minimum Gasteiger partial charge on any atom is -0.436 e. The van der Waals surface area contributed by atoms with Crippen LogP contribution in [0, 0.1) is 6.92 Å². The summed E-state index contributed by atoms with van der Waals surface area (Å²) < 4.78 is 5.84. The number of aliphatic imine (C=N–C) groups is 1. The van der Waals surface area contributed by atoms with E-state index in [9.17, 15) is 0 Å². The predicted molar refractivity (Wildman–Crippen MR) is 86.2 cm³/mol. The average molecular weight is 300 g/mol. The first-order valence-electron chi connectivity index (χ1n) is 6.53. The van der Waals surface area contributed by atoms with E-state index in [1.807, 2.05) is 49.4 Å².